The van der Waals surface area contributed by atoms with E-state index in [4.69, 9.17) is 0 Å². The van der Waals surface area contributed by atoms with Gasteiger partial charge in [0, 0.05) is 41.7 Å². The molecule has 0 aromatic heterocycles. The van der Waals surface area contributed by atoms with Crippen molar-refractivity contribution in [2.45, 2.75) is 19.3 Å². The smallest absolute Gasteiger partial charge is 0.254 e. The van der Waals surface area contributed by atoms with Crippen LogP contribution in [0.1, 0.15) is 28.8 Å². The first-order valence-corrected chi connectivity index (χ1v) is 10.1. The lowest BCUT2D eigenvalue weighted by Crippen LogP contribution is -2.50. The van der Waals surface area contributed by atoms with Crippen molar-refractivity contribution >= 4 is 34.4 Å². The largest absolute Gasteiger partial charge is 0.339 e. The summed E-state index contributed by atoms with van der Waals surface area (Å²) < 4.78 is 1.06. The Morgan fingerprint density at radius 1 is 0.885 bits per heavy atom. The number of hydrogen-bond acceptors (Lipinski definition) is 2. The molecule has 1 aliphatic heterocycles. The molecule has 2 amide bonds. The first-order valence-electron chi connectivity index (χ1n) is 9.00. The molecule has 0 saturated carbocycles. The van der Waals surface area contributed by atoms with E-state index in [9.17, 15) is 9.59 Å². The summed E-state index contributed by atoms with van der Waals surface area (Å²) in [5.41, 5.74) is 1.99. The molecule has 2 aromatic rings. The maximum atomic E-state index is 12.6. The molecule has 4 nitrogen and oxygen atoms in total. The van der Waals surface area contributed by atoms with E-state index in [1.807, 2.05) is 52.3 Å². The molecular formula is C21H23IN2O2. The summed E-state index contributed by atoms with van der Waals surface area (Å²) >= 11 is 2.21. The van der Waals surface area contributed by atoms with Gasteiger partial charge in [-0.05, 0) is 59.2 Å². The molecule has 0 N–H and O–H groups in total. The van der Waals surface area contributed by atoms with Crippen LogP contribution in [0.3, 0.4) is 0 Å². The van der Waals surface area contributed by atoms with Gasteiger partial charge >= 0.3 is 0 Å². The summed E-state index contributed by atoms with van der Waals surface area (Å²) in [5.74, 6) is 0.252. The summed E-state index contributed by atoms with van der Waals surface area (Å²) in [5, 5.41) is 0. The van der Waals surface area contributed by atoms with Crippen LogP contribution in [0, 0.1) is 3.57 Å². The number of aryl methyl sites for hydroxylation is 1. The molecule has 0 unspecified atom stereocenters. The quantitative estimate of drug-likeness (QED) is 0.638. The maximum Gasteiger partial charge on any atom is 0.254 e. The highest BCUT2D eigenvalue weighted by atomic mass is 127. The molecule has 1 fully saturated rings. The second kappa shape index (κ2) is 9.16. The highest BCUT2D eigenvalue weighted by Crippen LogP contribution is 2.13. The molecule has 1 heterocycles. The highest BCUT2D eigenvalue weighted by molar-refractivity contribution is 14.1. The van der Waals surface area contributed by atoms with Gasteiger partial charge in [-0.1, -0.05) is 36.4 Å². The van der Waals surface area contributed by atoms with Gasteiger partial charge in [-0.15, -0.1) is 0 Å². The molecule has 0 aliphatic carbocycles. The number of carbonyl (C=O) groups is 2. The van der Waals surface area contributed by atoms with Gasteiger partial charge in [0.05, 0.1) is 0 Å². The fourth-order valence-electron chi connectivity index (χ4n) is 3.21. The van der Waals surface area contributed by atoms with E-state index >= 15 is 0 Å². The van der Waals surface area contributed by atoms with Gasteiger partial charge in [0.1, 0.15) is 0 Å². The minimum Gasteiger partial charge on any atom is -0.339 e. The standard InChI is InChI=1S/C21H23IN2O2/c22-19-10-5-9-18(16-19)21(26)24-14-12-23(13-15-24)20(25)11-4-8-17-6-2-1-3-7-17/h1-3,5-7,9-10,16H,4,8,11-15H2. The van der Waals surface area contributed by atoms with E-state index in [0.29, 0.717) is 32.6 Å². The van der Waals surface area contributed by atoms with E-state index in [1.54, 1.807) is 0 Å². The Labute approximate surface area is 168 Å². The Bertz CT molecular complexity index is 756. The van der Waals surface area contributed by atoms with E-state index in [0.717, 1.165) is 22.0 Å². The summed E-state index contributed by atoms with van der Waals surface area (Å²) in [6.07, 6.45) is 2.36. The van der Waals surface area contributed by atoms with E-state index in [-0.39, 0.29) is 11.8 Å². The van der Waals surface area contributed by atoms with Crippen LogP contribution in [0.2, 0.25) is 0 Å². The number of hydrogen-bond donors (Lipinski definition) is 0. The molecule has 1 aliphatic rings. The second-order valence-electron chi connectivity index (χ2n) is 6.52. The molecule has 3 rings (SSSR count). The molecule has 0 atom stereocenters. The van der Waals surface area contributed by atoms with Crippen LogP contribution in [0.15, 0.2) is 54.6 Å². The van der Waals surface area contributed by atoms with Crippen LogP contribution in [0.25, 0.3) is 0 Å². The molecule has 0 bridgehead atoms. The number of rotatable bonds is 5. The average molecular weight is 462 g/mol. The molecule has 0 radical (unpaired) electrons. The summed E-state index contributed by atoms with van der Waals surface area (Å²) in [4.78, 5) is 28.7. The van der Waals surface area contributed by atoms with Crippen LogP contribution < -0.4 is 0 Å². The molecule has 0 spiro atoms. The van der Waals surface area contributed by atoms with Gasteiger partial charge in [-0.2, -0.15) is 0 Å². The number of piperazine rings is 1. The van der Waals surface area contributed by atoms with Crippen LogP contribution in [0.4, 0.5) is 0 Å². The lowest BCUT2D eigenvalue weighted by Gasteiger charge is -2.35. The lowest BCUT2D eigenvalue weighted by atomic mass is 10.1. The Morgan fingerprint density at radius 2 is 1.58 bits per heavy atom. The topological polar surface area (TPSA) is 40.6 Å². The predicted molar refractivity (Wildman–Crippen MR) is 111 cm³/mol. The second-order valence-corrected chi connectivity index (χ2v) is 7.77. The van der Waals surface area contributed by atoms with Crippen molar-refractivity contribution in [1.82, 2.24) is 9.80 Å². The van der Waals surface area contributed by atoms with Gasteiger partial charge in [0.2, 0.25) is 5.91 Å². The van der Waals surface area contributed by atoms with Crippen molar-refractivity contribution in [1.29, 1.82) is 0 Å². The number of benzene rings is 2. The number of nitrogens with zero attached hydrogens (tertiary/aromatic N) is 2. The van der Waals surface area contributed by atoms with Crippen molar-refractivity contribution in [2.24, 2.45) is 0 Å². The Balaban J connectivity index is 1.44. The lowest BCUT2D eigenvalue weighted by molar-refractivity contribution is -0.132. The molecular weight excluding hydrogens is 439 g/mol. The minimum absolute atomic E-state index is 0.0553. The van der Waals surface area contributed by atoms with Crippen molar-refractivity contribution in [3.05, 3.63) is 69.3 Å². The highest BCUT2D eigenvalue weighted by Gasteiger charge is 2.24. The summed E-state index contributed by atoms with van der Waals surface area (Å²) in [6, 6.07) is 17.9. The minimum atomic E-state index is 0.0553. The van der Waals surface area contributed by atoms with Crippen LogP contribution in [-0.4, -0.2) is 47.8 Å². The zero-order valence-electron chi connectivity index (χ0n) is 14.7. The Hall–Kier alpha value is -1.89. The van der Waals surface area contributed by atoms with Crippen LogP contribution >= 0.6 is 22.6 Å². The first kappa shape index (κ1) is 18.9. The third-order valence-electron chi connectivity index (χ3n) is 4.69. The van der Waals surface area contributed by atoms with Crippen LogP contribution in [-0.2, 0) is 11.2 Å². The average Bonchev–Trinajstić information content (AvgIpc) is 2.68. The third-order valence-corrected chi connectivity index (χ3v) is 5.36. The molecule has 5 heteroatoms. The van der Waals surface area contributed by atoms with Gasteiger partial charge in [-0.3, -0.25) is 9.59 Å². The number of halogens is 1. The number of amides is 2. The van der Waals surface area contributed by atoms with Crippen LogP contribution in [0.5, 0.6) is 0 Å². The van der Waals surface area contributed by atoms with Crippen molar-refractivity contribution in [2.75, 3.05) is 26.2 Å². The zero-order chi connectivity index (χ0) is 18.4. The van der Waals surface area contributed by atoms with E-state index < -0.39 is 0 Å². The summed E-state index contributed by atoms with van der Waals surface area (Å²) in [7, 11) is 0. The fourth-order valence-corrected chi connectivity index (χ4v) is 3.75. The Morgan fingerprint density at radius 3 is 2.27 bits per heavy atom. The van der Waals surface area contributed by atoms with Crippen molar-refractivity contribution in [3.8, 4) is 0 Å². The molecule has 2 aromatic carbocycles. The first-order chi connectivity index (χ1) is 12.6. The normalized spacial score (nSPS) is 14.3. The SMILES string of the molecule is O=C(CCCc1ccccc1)N1CCN(C(=O)c2cccc(I)c2)CC1. The summed E-state index contributed by atoms with van der Waals surface area (Å²) in [6.45, 7) is 2.46. The van der Waals surface area contributed by atoms with Gasteiger partial charge in [0.15, 0.2) is 0 Å². The molecule has 1 saturated heterocycles. The van der Waals surface area contributed by atoms with Gasteiger partial charge in [-0.25, -0.2) is 0 Å². The van der Waals surface area contributed by atoms with E-state index in [2.05, 4.69) is 34.7 Å². The molecule has 136 valence electrons. The maximum absolute atomic E-state index is 12.6. The zero-order valence-corrected chi connectivity index (χ0v) is 16.9. The molecule has 26 heavy (non-hydrogen) atoms. The number of carbonyl (C=O) groups excluding carboxylic acids is 2. The third kappa shape index (κ3) is 5.06. The van der Waals surface area contributed by atoms with Gasteiger partial charge in [0.25, 0.3) is 5.91 Å². The van der Waals surface area contributed by atoms with Gasteiger partial charge < -0.3 is 9.80 Å². The fraction of sp³-hybridized carbons (Fsp3) is 0.333. The monoisotopic (exact) mass is 462 g/mol. The van der Waals surface area contributed by atoms with Crippen molar-refractivity contribution in [3.63, 3.8) is 0 Å². The predicted octanol–water partition coefficient (Wildman–Crippen LogP) is 3.60. The van der Waals surface area contributed by atoms with Crippen molar-refractivity contribution < 1.29 is 9.59 Å². The Kier molecular flexibility index (Phi) is 6.66. The van der Waals surface area contributed by atoms with E-state index in [1.165, 1.54) is 5.56 Å².